The first kappa shape index (κ1) is 29.6. The predicted octanol–water partition coefficient (Wildman–Crippen LogP) is -3.43. The number of rotatable bonds is 2. The molecule has 7 rings (SSSR count). The van der Waals surface area contributed by atoms with Gasteiger partial charge in [-0.3, -0.25) is 9.13 Å². The van der Waals surface area contributed by atoms with E-state index in [4.69, 9.17) is 46.0 Å². The van der Waals surface area contributed by atoms with Gasteiger partial charge in [0.05, 0.1) is 19.3 Å². The lowest BCUT2D eigenvalue weighted by Gasteiger charge is -2.34. The van der Waals surface area contributed by atoms with Crippen molar-refractivity contribution in [3.8, 4) is 0 Å². The summed E-state index contributed by atoms with van der Waals surface area (Å²) in [6.45, 7) is -5.59. The second-order valence-corrected chi connectivity index (χ2v) is 14.0. The fourth-order valence-electron chi connectivity index (χ4n) is 5.27. The van der Waals surface area contributed by atoms with Gasteiger partial charge in [-0.1, -0.05) is 11.8 Å². The minimum atomic E-state index is -4.62. The molecule has 0 spiro atoms. The van der Waals surface area contributed by atoms with Crippen LogP contribution in [0.2, 0.25) is 0 Å². The van der Waals surface area contributed by atoms with Crippen molar-refractivity contribution in [2.24, 2.45) is 0 Å². The zero-order valence-electron chi connectivity index (χ0n) is 22.0. The Morgan fingerprint density at radius 2 is 1.45 bits per heavy atom. The number of nitrogens with one attached hydrogen (secondary N) is 1. The van der Waals surface area contributed by atoms with E-state index in [2.05, 4.69) is 34.6 Å². The molecule has 0 amide bonds. The number of aliphatic hydroxyl groups excluding tert-OH is 2. The van der Waals surface area contributed by atoms with E-state index in [1.165, 1.54) is 34.4 Å². The van der Waals surface area contributed by atoms with E-state index in [0.29, 0.717) is 0 Å². The number of aliphatic hydroxyl groups is 2. The third-order valence-electron chi connectivity index (χ3n) is 7.29. The molecule has 4 aromatic heterocycles. The van der Waals surface area contributed by atoms with Crippen molar-refractivity contribution in [3.63, 3.8) is 0 Å². The number of hydrogen-bond acceptors (Lipinski definition) is 19. The minimum Gasteiger partial charge on any atom is -0.780 e. The normalized spacial score (nSPS) is 36.1. The van der Waals surface area contributed by atoms with Gasteiger partial charge < -0.3 is 45.1 Å². The molecule has 0 bridgehead atoms. The van der Waals surface area contributed by atoms with Gasteiger partial charge in [0.15, 0.2) is 35.4 Å². The van der Waals surface area contributed by atoms with Gasteiger partial charge in [-0.2, -0.15) is 13.1 Å². The van der Waals surface area contributed by atoms with Crippen LogP contribution >= 0.6 is 6.72 Å². The van der Waals surface area contributed by atoms with Crippen LogP contribution in [0.25, 0.3) is 22.3 Å². The van der Waals surface area contributed by atoms with Crippen LogP contribution in [0.4, 0.5) is 11.6 Å². The lowest BCUT2D eigenvalue weighted by molar-refractivity contribution is -0.217. The molecule has 0 radical (unpaired) electrons. The molecule has 3 aliphatic heterocycles. The van der Waals surface area contributed by atoms with Crippen molar-refractivity contribution < 1.29 is 46.2 Å². The van der Waals surface area contributed by atoms with E-state index < -0.39 is 79.3 Å². The van der Waals surface area contributed by atoms with Gasteiger partial charge in [-0.05, 0) is 0 Å². The van der Waals surface area contributed by atoms with E-state index in [-0.39, 0.29) is 34.0 Å². The van der Waals surface area contributed by atoms with Crippen LogP contribution in [0.15, 0.2) is 25.3 Å². The Balaban J connectivity index is 1.17. The summed E-state index contributed by atoms with van der Waals surface area (Å²) in [5.41, 5.74) is 12.5. The standard InChI is InChI=1S/C20H24N11O10PS2/c21-15-9-17(25-3-23-15)30(5-27-9)19-11(32)13-7(38-19)1-29-44(35,36)41-14-8(2-37-42(34,43)40-13)39-20(12(14)33)31-6-28-10-16(22)24-4-26-18(10)31/h3-8,11-14,19-20,29,32-33H,1-2H2,(H,34,43)(H2,21,23,25)(H2,22,24,26)/p-1/t7-,8-,11-,12+,13-,14-,19-,20-,42?/m1/s1. The van der Waals surface area contributed by atoms with Crippen molar-refractivity contribution in [2.75, 3.05) is 24.6 Å². The molecule has 3 saturated heterocycles. The number of anilines is 2. The number of hydrogen-bond donors (Lipinski definition) is 5. The molecule has 3 fully saturated rings. The Morgan fingerprint density at radius 3 is 2.05 bits per heavy atom. The van der Waals surface area contributed by atoms with Crippen molar-refractivity contribution >= 4 is 62.8 Å². The molecule has 24 heteroatoms. The van der Waals surface area contributed by atoms with Gasteiger partial charge >= 0.3 is 10.3 Å². The maximum absolute atomic E-state index is 13.3. The van der Waals surface area contributed by atoms with Crippen LogP contribution in [0.1, 0.15) is 12.5 Å². The molecule has 3 aliphatic rings. The lowest BCUT2D eigenvalue weighted by Crippen LogP contribution is -2.46. The van der Waals surface area contributed by atoms with Gasteiger partial charge in [0.1, 0.15) is 67.0 Å². The summed E-state index contributed by atoms with van der Waals surface area (Å²) in [5.74, 6) is 0.146. The second kappa shape index (κ2) is 10.8. The van der Waals surface area contributed by atoms with Gasteiger partial charge in [0.25, 0.3) is 0 Å². The first-order chi connectivity index (χ1) is 20.9. The number of ether oxygens (including phenoxy) is 2. The Morgan fingerprint density at radius 1 is 0.909 bits per heavy atom. The summed E-state index contributed by atoms with van der Waals surface area (Å²) in [6, 6.07) is 0. The van der Waals surface area contributed by atoms with Gasteiger partial charge in [0, 0.05) is 6.54 Å². The van der Waals surface area contributed by atoms with Crippen LogP contribution in [0, 0.1) is 0 Å². The first-order valence-electron chi connectivity index (χ1n) is 12.8. The Bertz CT molecular complexity index is 1890. The summed E-state index contributed by atoms with van der Waals surface area (Å²) >= 11 is 5.10. The van der Waals surface area contributed by atoms with Crippen LogP contribution in [-0.2, 0) is 44.8 Å². The summed E-state index contributed by atoms with van der Waals surface area (Å²) < 4.78 is 59.1. The largest absolute Gasteiger partial charge is 0.780 e. The van der Waals surface area contributed by atoms with Crippen molar-refractivity contribution in [1.29, 1.82) is 0 Å². The summed E-state index contributed by atoms with van der Waals surface area (Å²) in [4.78, 5) is 37.5. The molecule has 0 aromatic carbocycles. The van der Waals surface area contributed by atoms with Gasteiger partial charge in [0.2, 0.25) is 0 Å². The van der Waals surface area contributed by atoms with Crippen LogP contribution in [-0.4, -0.2) is 107 Å². The fraction of sp³-hybridized carbons (Fsp3) is 0.500. The van der Waals surface area contributed by atoms with Gasteiger partial charge in [-0.15, -0.1) is 0 Å². The maximum Gasteiger partial charge on any atom is 0.336 e. The SMILES string of the molecule is Nc1ncnc2c1ncn2[C@@H]1O[C@@H]2CNS(=O)(=O)O[C@H]3[C@H](O)[C@H](n4cnc5c(N)ncnc54)O[C@@H]3COP([O-])(=S)O[C@H]2[C@H]1O. The number of imidazole rings is 2. The molecular formula is C20H23N11O10PS2-. The third kappa shape index (κ3) is 5.09. The molecule has 9 atom stereocenters. The summed E-state index contributed by atoms with van der Waals surface area (Å²) in [7, 11) is -4.62. The molecule has 7 N–H and O–H groups in total. The zero-order valence-corrected chi connectivity index (χ0v) is 24.5. The van der Waals surface area contributed by atoms with E-state index >= 15 is 0 Å². The zero-order chi connectivity index (χ0) is 31.0. The lowest BCUT2D eigenvalue weighted by atomic mass is 10.1. The summed E-state index contributed by atoms with van der Waals surface area (Å²) in [6.07, 6.45) is -6.44. The highest BCUT2D eigenvalue weighted by molar-refractivity contribution is 8.06. The third-order valence-corrected chi connectivity index (χ3v) is 9.83. The predicted molar refractivity (Wildman–Crippen MR) is 146 cm³/mol. The highest BCUT2D eigenvalue weighted by Gasteiger charge is 2.51. The van der Waals surface area contributed by atoms with E-state index in [1.807, 2.05) is 0 Å². The average molecular weight is 673 g/mol. The molecule has 0 saturated carbocycles. The van der Waals surface area contributed by atoms with Gasteiger partial charge in [-0.25, -0.2) is 34.1 Å². The van der Waals surface area contributed by atoms with Crippen LogP contribution in [0.3, 0.4) is 0 Å². The topological polar surface area (TPSA) is 295 Å². The Labute approximate surface area is 251 Å². The molecular weight excluding hydrogens is 649 g/mol. The highest BCUT2D eigenvalue weighted by atomic mass is 32.5. The Hall–Kier alpha value is -3.06. The smallest absolute Gasteiger partial charge is 0.336 e. The highest BCUT2D eigenvalue weighted by Crippen LogP contribution is 2.47. The van der Waals surface area contributed by atoms with E-state index in [0.717, 1.165) is 0 Å². The molecule has 21 nitrogen and oxygen atoms in total. The van der Waals surface area contributed by atoms with Crippen molar-refractivity contribution in [1.82, 2.24) is 43.8 Å². The molecule has 1 unspecified atom stereocenters. The maximum atomic E-state index is 13.3. The molecule has 4 aromatic rings. The number of nitrogen functional groups attached to an aromatic ring is 2. The Kier molecular flexibility index (Phi) is 7.26. The van der Waals surface area contributed by atoms with E-state index in [9.17, 15) is 23.5 Å². The second-order valence-electron chi connectivity index (χ2n) is 9.95. The molecule has 44 heavy (non-hydrogen) atoms. The first-order valence-corrected chi connectivity index (χ1v) is 16.7. The quantitative estimate of drug-likeness (QED) is 0.129. The van der Waals surface area contributed by atoms with Crippen molar-refractivity contribution in [3.05, 3.63) is 25.3 Å². The van der Waals surface area contributed by atoms with Crippen LogP contribution in [0.5, 0.6) is 0 Å². The van der Waals surface area contributed by atoms with Crippen LogP contribution < -0.4 is 21.1 Å². The number of fused-ring (bicyclic) bond motifs is 4. The molecule has 236 valence electrons. The van der Waals surface area contributed by atoms with E-state index in [1.54, 1.807) is 0 Å². The summed E-state index contributed by atoms with van der Waals surface area (Å²) in [5, 5.41) is 22.3. The number of aromatic nitrogens is 8. The molecule has 7 heterocycles. The number of nitrogens with two attached hydrogens (primary N) is 2. The minimum absolute atomic E-state index is 0.0686. The van der Waals surface area contributed by atoms with Crippen molar-refractivity contribution in [2.45, 2.75) is 49.1 Å². The fourth-order valence-corrected chi connectivity index (χ4v) is 7.66. The number of nitrogens with zero attached hydrogens (tertiary/aromatic N) is 8. The molecule has 0 aliphatic carbocycles. The monoisotopic (exact) mass is 672 g/mol. The average Bonchev–Trinajstić information content (AvgIpc) is 3.73.